The minimum Gasteiger partial charge on any atom is -0.396 e. The molecule has 0 aliphatic carbocycles. The standard InChI is InChI=1S/C15H24FNO2/c1-12(2)10-17(8-3-9-18)11-15(19)13-4-6-14(16)7-5-13/h4-7,12,15,18-19H,3,8-11H2,1-2H3. The lowest BCUT2D eigenvalue weighted by molar-refractivity contribution is 0.101. The fourth-order valence-corrected chi connectivity index (χ4v) is 2.10. The van der Waals surface area contributed by atoms with Crippen LogP contribution in [0.1, 0.15) is 31.9 Å². The minimum atomic E-state index is -0.627. The molecule has 0 aliphatic heterocycles. The monoisotopic (exact) mass is 269 g/mol. The van der Waals surface area contributed by atoms with Crippen molar-refractivity contribution in [3.63, 3.8) is 0 Å². The number of nitrogens with zero attached hydrogens (tertiary/aromatic N) is 1. The second kappa shape index (κ2) is 8.25. The largest absolute Gasteiger partial charge is 0.396 e. The molecule has 0 saturated heterocycles. The lowest BCUT2D eigenvalue weighted by Gasteiger charge is -2.26. The van der Waals surface area contributed by atoms with Gasteiger partial charge in [0.05, 0.1) is 6.10 Å². The van der Waals surface area contributed by atoms with Crippen molar-refractivity contribution in [1.29, 1.82) is 0 Å². The number of benzene rings is 1. The summed E-state index contributed by atoms with van der Waals surface area (Å²) >= 11 is 0. The van der Waals surface area contributed by atoms with E-state index in [1.807, 2.05) is 0 Å². The van der Waals surface area contributed by atoms with E-state index < -0.39 is 6.10 Å². The third-order valence-corrected chi connectivity index (χ3v) is 2.94. The summed E-state index contributed by atoms with van der Waals surface area (Å²) in [5.41, 5.74) is 0.721. The van der Waals surface area contributed by atoms with Crippen molar-refractivity contribution < 1.29 is 14.6 Å². The summed E-state index contributed by atoms with van der Waals surface area (Å²) in [6, 6.07) is 5.94. The Labute approximate surface area is 114 Å². The number of halogens is 1. The molecule has 108 valence electrons. The third-order valence-electron chi connectivity index (χ3n) is 2.94. The smallest absolute Gasteiger partial charge is 0.123 e. The average molecular weight is 269 g/mol. The molecular formula is C15H24FNO2. The molecule has 0 aromatic heterocycles. The summed E-state index contributed by atoms with van der Waals surface area (Å²) in [5.74, 6) is 0.203. The SMILES string of the molecule is CC(C)CN(CCCO)CC(O)c1ccc(F)cc1. The molecule has 0 spiro atoms. The molecule has 0 fully saturated rings. The van der Waals surface area contributed by atoms with Crippen molar-refractivity contribution >= 4 is 0 Å². The van der Waals surface area contributed by atoms with Crippen molar-refractivity contribution in [2.75, 3.05) is 26.2 Å². The van der Waals surface area contributed by atoms with E-state index in [9.17, 15) is 9.50 Å². The van der Waals surface area contributed by atoms with E-state index in [0.717, 1.165) is 18.7 Å². The fraction of sp³-hybridized carbons (Fsp3) is 0.600. The van der Waals surface area contributed by atoms with Gasteiger partial charge in [-0.15, -0.1) is 0 Å². The second-order valence-electron chi connectivity index (χ2n) is 5.30. The van der Waals surface area contributed by atoms with Gasteiger partial charge in [-0.1, -0.05) is 26.0 Å². The van der Waals surface area contributed by atoms with Gasteiger partial charge in [-0.3, -0.25) is 0 Å². The van der Waals surface area contributed by atoms with Crippen LogP contribution in [0, 0.1) is 11.7 Å². The van der Waals surface area contributed by atoms with Crippen molar-refractivity contribution in [2.24, 2.45) is 5.92 Å². The van der Waals surface area contributed by atoms with E-state index in [1.54, 1.807) is 12.1 Å². The minimum absolute atomic E-state index is 0.154. The number of aliphatic hydroxyl groups excluding tert-OH is 2. The lowest BCUT2D eigenvalue weighted by Crippen LogP contribution is -2.33. The molecule has 0 radical (unpaired) electrons. The summed E-state index contributed by atoms with van der Waals surface area (Å²) in [6.45, 7) is 6.53. The van der Waals surface area contributed by atoms with Crippen LogP contribution in [-0.2, 0) is 0 Å². The van der Waals surface area contributed by atoms with Gasteiger partial charge in [0.1, 0.15) is 5.82 Å². The Morgan fingerprint density at radius 3 is 2.32 bits per heavy atom. The molecule has 0 amide bonds. The zero-order valence-corrected chi connectivity index (χ0v) is 11.7. The highest BCUT2D eigenvalue weighted by Crippen LogP contribution is 2.15. The molecule has 0 bridgehead atoms. The van der Waals surface area contributed by atoms with Crippen LogP contribution < -0.4 is 0 Å². The predicted molar refractivity (Wildman–Crippen MR) is 74.3 cm³/mol. The van der Waals surface area contributed by atoms with Crippen LogP contribution in [0.25, 0.3) is 0 Å². The maximum atomic E-state index is 12.8. The maximum absolute atomic E-state index is 12.8. The zero-order chi connectivity index (χ0) is 14.3. The summed E-state index contributed by atoms with van der Waals surface area (Å²) in [7, 11) is 0. The number of rotatable bonds is 8. The normalized spacial score (nSPS) is 13.2. The van der Waals surface area contributed by atoms with E-state index in [4.69, 9.17) is 5.11 Å². The van der Waals surface area contributed by atoms with Gasteiger partial charge in [-0.05, 0) is 30.0 Å². The first-order chi connectivity index (χ1) is 9.02. The van der Waals surface area contributed by atoms with Gasteiger partial charge in [0.2, 0.25) is 0 Å². The Hall–Kier alpha value is -0.970. The Kier molecular flexibility index (Phi) is 6.99. The van der Waals surface area contributed by atoms with E-state index in [1.165, 1.54) is 12.1 Å². The first-order valence-corrected chi connectivity index (χ1v) is 6.79. The van der Waals surface area contributed by atoms with Crippen molar-refractivity contribution in [3.05, 3.63) is 35.6 Å². The molecule has 0 heterocycles. The van der Waals surface area contributed by atoms with Gasteiger partial charge < -0.3 is 15.1 Å². The molecule has 1 aromatic carbocycles. The van der Waals surface area contributed by atoms with Gasteiger partial charge in [-0.25, -0.2) is 4.39 Å². The Morgan fingerprint density at radius 1 is 1.16 bits per heavy atom. The molecule has 3 nitrogen and oxygen atoms in total. The van der Waals surface area contributed by atoms with Gasteiger partial charge in [0.15, 0.2) is 0 Å². The van der Waals surface area contributed by atoms with Crippen LogP contribution in [0.15, 0.2) is 24.3 Å². The first-order valence-electron chi connectivity index (χ1n) is 6.79. The molecule has 4 heteroatoms. The molecule has 1 rings (SSSR count). The highest BCUT2D eigenvalue weighted by Gasteiger charge is 2.14. The third kappa shape index (κ3) is 6.14. The highest BCUT2D eigenvalue weighted by molar-refractivity contribution is 5.18. The predicted octanol–water partition coefficient (Wildman–Crippen LogP) is 2.20. The van der Waals surface area contributed by atoms with Crippen LogP contribution in [0.5, 0.6) is 0 Å². The van der Waals surface area contributed by atoms with Crippen molar-refractivity contribution in [1.82, 2.24) is 4.90 Å². The topological polar surface area (TPSA) is 43.7 Å². The number of hydrogen-bond donors (Lipinski definition) is 2. The summed E-state index contributed by atoms with van der Waals surface area (Å²) in [4.78, 5) is 2.13. The van der Waals surface area contributed by atoms with Crippen LogP contribution in [0.2, 0.25) is 0 Å². The van der Waals surface area contributed by atoms with Crippen LogP contribution >= 0.6 is 0 Å². The van der Waals surface area contributed by atoms with Gasteiger partial charge in [0, 0.05) is 26.2 Å². The molecular weight excluding hydrogens is 245 g/mol. The molecule has 1 unspecified atom stereocenters. The van der Waals surface area contributed by atoms with Crippen LogP contribution in [0.4, 0.5) is 4.39 Å². The van der Waals surface area contributed by atoms with Crippen molar-refractivity contribution in [2.45, 2.75) is 26.4 Å². The van der Waals surface area contributed by atoms with Gasteiger partial charge in [0.25, 0.3) is 0 Å². The highest BCUT2D eigenvalue weighted by atomic mass is 19.1. The van der Waals surface area contributed by atoms with Gasteiger partial charge >= 0.3 is 0 Å². The summed E-state index contributed by atoms with van der Waals surface area (Å²) < 4.78 is 12.8. The van der Waals surface area contributed by atoms with Gasteiger partial charge in [-0.2, -0.15) is 0 Å². The molecule has 2 N–H and O–H groups in total. The van der Waals surface area contributed by atoms with E-state index in [2.05, 4.69) is 18.7 Å². The average Bonchev–Trinajstić information content (AvgIpc) is 2.36. The number of hydrogen-bond acceptors (Lipinski definition) is 3. The van der Waals surface area contributed by atoms with E-state index >= 15 is 0 Å². The maximum Gasteiger partial charge on any atom is 0.123 e. The van der Waals surface area contributed by atoms with Crippen LogP contribution in [-0.4, -0.2) is 41.4 Å². The quantitative estimate of drug-likeness (QED) is 0.760. The lowest BCUT2D eigenvalue weighted by atomic mass is 10.1. The molecule has 1 atom stereocenters. The molecule has 0 saturated carbocycles. The Bertz CT molecular complexity index is 354. The summed E-state index contributed by atoms with van der Waals surface area (Å²) in [5, 5.41) is 19.1. The van der Waals surface area contributed by atoms with Crippen molar-refractivity contribution in [3.8, 4) is 0 Å². The molecule has 19 heavy (non-hydrogen) atoms. The van der Waals surface area contributed by atoms with E-state index in [0.29, 0.717) is 18.9 Å². The molecule has 0 aliphatic rings. The fourth-order valence-electron chi connectivity index (χ4n) is 2.10. The Balaban J connectivity index is 2.58. The zero-order valence-electron chi connectivity index (χ0n) is 11.7. The first kappa shape index (κ1) is 16.1. The van der Waals surface area contributed by atoms with E-state index in [-0.39, 0.29) is 12.4 Å². The number of aliphatic hydroxyl groups is 2. The summed E-state index contributed by atoms with van der Waals surface area (Å²) in [6.07, 6.45) is 0.0705. The Morgan fingerprint density at radius 2 is 1.79 bits per heavy atom. The second-order valence-corrected chi connectivity index (χ2v) is 5.30. The molecule has 1 aromatic rings. The van der Waals surface area contributed by atoms with Crippen LogP contribution in [0.3, 0.4) is 0 Å².